The molecule has 2 unspecified atom stereocenters. The van der Waals surface area contributed by atoms with Crippen molar-refractivity contribution in [1.29, 1.82) is 0 Å². The number of nitrogens with zero attached hydrogens (tertiary/aromatic N) is 1. The van der Waals surface area contributed by atoms with Crippen molar-refractivity contribution in [2.24, 2.45) is 0 Å². The van der Waals surface area contributed by atoms with E-state index in [-0.39, 0.29) is 0 Å². The van der Waals surface area contributed by atoms with Crippen LogP contribution in [0, 0.1) is 6.92 Å². The van der Waals surface area contributed by atoms with Gasteiger partial charge in [-0.05, 0) is 40.8 Å². The van der Waals surface area contributed by atoms with Crippen LogP contribution >= 0.6 is 17.5 Å². The Bertz CT molecular complexity index is 759. The number of anilines is 1. The van der Waals surface area contributed by atoms with Crippen LogP contribution in [0.2, 0.25) is 0 Å². The van der Waals surface area contributed by atoms with E-state index in [1.54, 1.807) is 0 Å². The smallest absolute Gasteiger partial charge is 0.0464 e. The monoisotopic (exact) mass is 349 g/mol. The largest absolute Gasteiger partial charge is 0.326 e. The Morgan fingerprint density at radius 2 is 1.33 bits per heavy atom. The lowest BCUT2D eigenvalue weighted by Gasteiger charge is -2.26. The molecule has 0 radical (unpaired) electrons. The van der Waals surface area contributed by atoms with E-state index < -0.39 is 0 Å². The molecule has 3 aromatic carbocycles. The first-order chi connectivity index (χ1) is 11.8. The summed E-state index contributed by atoms with van der Waals surface area (Å²) in [5.74, 6) is 0. The molecule has 3 heteroatoms. The van der Waals surface area contributed by atoms with Gasteiger partial charge in [0.2, 0.25) is 0 Å². The summed E-state index contributed by atoms with van der Waals surface area (Å²) in [6.45, 7) is 6.05. The molecule has 0 spiro atoms. The number of benzene rings is 3. The van der Waals surface area contributed by atoms with Gasteiger partial charge < -0.3 is 4.44 Å². The summed E-state index contributed by atoms with van der Waals surface area (Å²) in [4.78, 5) is 0. The maximum Gasteiger partial charge on any atom is 0.0464 e. The zero-order chi connectivity index (χ0) is 16.8. The molecular formula is C21H21NP2. The first-order valence-electron chi connectivity index (χ1n) is 7.93. The van der Waals surface area contributed by atoms with Crippen LogP contribution in [0.1, 0.15) is 11.1 Å². The molecule has 0 heterocycles. The van der Waals surface area contributed by atoms with E-state index in [0.717, 1.165) is 0 Å². The Morgan fingerprint density at radius 3 is 1.79 bits per heavy atom. The third kappa shape index (κ3) is 4.32. The van der Waals surface area contributed by atoms with Gasteiger partial charge in [0.05, 0.1) is 0 Å². The van der Waals surface area contributed by atoms with E-state index in [4.69, 9.17) is 0 Å². The fourth-order valence-electron chi connectivity index (χ4n) is 2.49. The van der Waals surface area contributed by atoms with Gasteiger partial charge in [-0.2, -0.15) is 0 Å². The molecule has 2 atom stereocenters. The van der Waals surface area contributed by atoms with Crippen LogP contribution in [-0.4, -0.2) is 0 Å². The van der Waals surface area contributed by atoms with E-state index in [1.807, 2.05) is 6.08 Å². The second-order valence-electron chi connectivity index (χ2n) is 5.54. The van der Waals surface area contributed by atoms with Crippen LogP contribution in [0.5, 0.6) is 0 Å². The summed E-state index contributed by atoms with van der Waals surface area (Å²) in [5, 5.41) is 2.71. The molecule has 0 N–H and O–H groups in total. The maximum atomic E-state index is 3.87. The van der Waals surface area contributed by atoms with Crippen molar-refractivity contribution in [3.63, 3.8) is 0 Å². The van der Waals surface area contributed by atoms with Crippen LogP contribution in [-0.2, 0) is 0 Å². The molecule has 0 aliphatic heterocycles. The van der Waals surface area contributed by atoms with Crippen LogP contribution in [0.15, 0.2) is 85.4 Å². The number of hydrogen-bond donors (Lipinski definition) is 0. The highest BCUT2D eigenvalue weighted by atomic mass is 31.1. The second-order valence-corrected chi connectivity index (χ2v) is 8.48. The summed E-state index contributed by atoms with van der Waals surface area (Å²) in [5.41, 5.74) is 3.76. The normalized spacial score (nSPS) is 11.4. The summed E-state index contributed by atoms with van der Waals surface area (Å²) < 4.78 is 2.49. The van der Waals surface area contributed by atoms with Crippen molar-refractivity contribution in [3.8, 4) is 0 Å². The topological polar surface area (TPSA) is 3.24 Å². The van der Waals surface area contributed by atoms with Gasteiger partial charge in [0.25, 0.3) is 0 Å². The quantitative estimate of drug-likeness (QED) is 0.547. The molecule has 0 fully saturated rings. The summed E-state index contributed by atoms with van der Waals surface area (Å²) in [6.07, 6.45) is 1.90. The third-order valence-electron chi connectivity index (χ3n) is 3.73. The van der Waals surface area contributed by atoms with Crippen molar-refractivity contribution in [2.45, 2.75) is 6.92 Å². The average Bonchev–Trinajstić information content (AvgIpc) is 2.63. The molecule has 3 aromatic rings. The Balaban J connectivity index is 1.93. The van der Waals surface area contributed by atoms with Crippen LogP contribution in [0.3, 0.4) is 0 Å². The minimum atomic E-state index is 0.612. The predicted octanol–water partition coefficient (Wildman–Crippen LogP) is 5.28. The molecular weight excluding hydrogens is 328 g/mol. The standard InChI is InChI=1S/C21H21NP2/c1-3-18-14-15-21(17(2)16-18)22(23-19-10-6-4-7-11-19)24-20-12-8-5-9-13-20/h3-16,23-24H,1H2,2H3. The molecule has 1 nitrogen and oxygen atoms in total. The van der Waals surface area contributed by atoms with Gasteiger partial charge in [-0.3, -0.25) is 0 Å². The zero-order valence-corrected chi connectivity index (χ0v) is 15.7. The highest BCUT2D eigenvalue weighted by molar-refractivity contribution is 7.67. The van der Waals surface area contributed by atoms with Crippen molar-refractivity contribution < 1.29 is 0 Å². The van der Waals surface area contributed by atoms with E-state index in [1.165, 1.54) is 27.4 Å². The molecule has 3 rings (SSSR count). The number of hydrogen-bond acceptors (Lipinski definition) is 1. The average molecular weight is 349 g/mol. The second kappa shape index (κ2) is 8.25. The van der Waals surface area contributed by atoms with Crippen molar-refractivity contribution in [3.05, 3.63) is 96.6 Å². The third-order valence-corrected chi connectivity index (χ3v) is 6.51. The summed E-state index contributed by atoms with van der Waals surface area (Å²) >= 11 is 0. The van der Waals surface area contributed by atoms with E-state index >= 15 is 0 Å². The van der Waals surface area contributed by atoms with Gasteiger partial charge in [0.1, 0.15) is 0 Å². The van der Waals surface area contributed by atoms with Crippen molar-refractivity contribution in [2.75, 3.05) is 4.44 Å². The summed E-state index contributed by atoms with van der Waals surface area (Å²) in [7, 11) is 1.22. The Labute approximate surface area is 148 Å². The Hall–Kier alpha value is -1.94. The molecule has 0 bridgehead atoms. The first kappa shape index (κ1) is 16.9. The number of rotatable bonds is 6. The fourth-order valence-corrected chi connectivity index (χ4v) is 5.43. The Kier molecular flexibility index (Phi) is 5.81. The molecule has 24 heavy (non-hydrogen) atoms. The lowest BCUT2D eigenvalue weighted by molar-refractivity contribution is 1.42. The molecule has 0 saturated carbocycles. The van der Waals surface area contributed by atoms with E-state index in [0.29, 0.717) is 17.5 Å². The van der Waals surface area contributed by atoms with Crippen molar-refractivity contribution in [1.82, 2.24) is 0 Å². The van der Waals surface area contributed by atoms with E-state index in [2.05, 4.69) is 96.8 Å². The molecule has 0 amide bonds. The molecule has 120 valence electrons. The Morgan fingerprint density at radius 1 is 0.792 bits per heavy atom. The van der Waals surface area contributed by atoms with Gasteiger partial charge in [0.15, 0.2) is 0 Å². The van der Waals surface area contributed by atoms with Gasteiger partial charge in [0, 0.05) is 23.2 Å². The van der Waals surface area contributed by atoms with Crippen LogP contribution < -0.4 is 15.1 Å². The van der Waals surface area contributed by atoms with Crippen molar-refractivity contribution >= 4 is 39.8 Å². The molecule has 0 saturated heterocycles. The predicted molar refractivity (Wildman–Crippen MR) is 113 cm³/mol. The zero-order valence-electron chi connectivity index (χ0n) is 13.7. The molecule has 0 aliphatic rings. The van der Waals surface area contributed by atoms with Gasteiger partial charge >= 0.3 is 0 Å². The minimum Gasteiger partial charge on any atom is -0.326 e. The summed E-state index contributed by atoms with van der Waals surface area (Å²) in [6, 6.07) is 28.0. The molecule has 0 aromatic heterocycles. The lowest BCUT2D eigenvalue weighted by Crippen LogP contribution is -2.12. The van der Waals surface area contributed by atoms with Crippen LogP contribution in [0.4, 0.5) is 5.69 Å². The minimum absolute atomic E-state index is 0.612. The van der Waals surface area contributed by atoms with Gasteiger partial charge in [-0.15, -0.1) is 0 Å². The fraction of sp³-hybridized carbons (Fsp3) is 0.0476. The first-order valence-corrected chi connectivity index (χ1v) is 9.82. The lowest BCUT2D eigenvalue weighted by atomic mass is 10.1. The highest BCUT2D eigenvalue weighted by Crippen LogP contribution is 2.39. The van der Waals surface area contributed by atoms with Gasteiger partial charge in [-0.25, -0.2) is 0 Å². The number of aryl methyl sites for hydroxylation is 1. The maximum absolute atomic E-state index is 3.87. The van der Waals surface area contributed by atoms with Crippen LogP contribution in [0.25, 0.3) is 6.08 Å². The van der Waals surface area contributed by atoms with Gasteiger partial charge in [-0.1, -0.05) is 79.4 Å². The highest BCUT2D eigenvalue weighted by Gasteiger charge is 2.11. The SMILES string of the molecule is C=Cc1ccc(N(Pc2ccccc2)Pc2ccccc2)c(C)c1. The van der Waals surface area contributed by atoms with E-state index in [9.17, 15) is 0 Å². The molecule has 0 aliphatic carbocycles.